The van der Waals surface area contributed by atoms with Crippen LogP contribution in [0.15, 0.2) is 30.3 Å². The molecule has 3 atom stereocenters. The summed E-state index contributed by atoms with van der Waals surface area (Å²) in [5, 5.41) is 3.03. The maximum atomic E-state index is 12.1. The summed E-state index contributed by atoms with van der Waals surface area (Å²) in [5.41, 5.74) is 6.85. The van der Waals surface area contributed by atoms with Gasteiger partial charge in [-0.05, 0) is 38.2 Å². The number of benzene rings is 1. The Morgan fingerprint density at radius 2 is 2.10 bits per heavy atom. The number of hydrogen-bond donors (Lipinski definition) is 2. The van der Waals surface area contributed by atoms with Crippen LogP contribution < -0.4 is 11.1 Å². The molecule has 0 saturated carbocycles. The van der Waals surface area contributed by atoms with E-state index in [0.29, 0.717) is 6.54 Å². The van der Waals surface area contributed by atoms with Crippen LogP contribution in [0.25, 0.3) is 0 Å². The van der Waals surface area contributed by atoms with Crippen LogP contribution >= 0.6 is 12.4 Å². The molecule has 0 aliphatic carbocycles. The average molecular weight is 313 g/mol. The third-order valence-corrected chi connectivity index (χ3v) is 3.76. The molecule has 1 aromatic rings. The van der Waals surface area contributed by atoms with Gasteiger partial charge in [-0.1, -0.05) is 30.3 Å². The molecule has 1 amide bonds. The molecule has 1 unspecified atom stereocenters. The SMILES string of the molecule is CC(CCc1ccccc1)NC(=O)[C@@H]1CC[C@H](CN)O1.Cl. The Bertz CT molecular complexity index is 428. The van der Waals surface area contributed by atoms with E-state index in [9.17, 15) is 4.79 Å². The first-order valence-electron chi connectivity index (χ1n) is 7.39. The first-order valence-corrected chi connectivity index (χ1v) is 7.39. The molecule has 3 N–H and O–H groups in total. The van der Waals surface area contributed by atoms with Crippen molar-refractivity contribution in [1.82, 2.24) is 5.32 Å². The Morgan fingerprint density at radius 1 is 1.38 bits per heavy atom. The Labute approximate surface area is 132 Å². The number of nitrogens with one attached hydrogen (secondary N) is 1. The molecule has 4 nitrogen and oxygen atoms in total. The van der Waals surface area contributed by atoms with E-state index >= 15 is 0 Å². The number of ether oxygens (including phenoxy) is 1. The number of aryl methyl sites for hydroxylation is 1. The number of carbonyl (C=O) groups is 1. The molecule has 1 saturated heterocycles. The highest BCUT2D eigenvalue weighted by Crippen LogP contribution is 2.19. The fraction of sp³-hybridized carbons (Fsp3) is 0.562. The number of halogens is 1. The van der Waals surface area contributed by atoms with Crippen molar-refractivity contribution in [3.8, 4) is 0 Å². The predicted octanol–water partition coefficient (Wildman–Crippen LogP) is 2.05. The quantitative estimate of drug-likeness (QED) is 0.845. The number of amides is 1. The van der Waals surface area contributed by atoms with E-state index in [1.807, 2.05) is 25.1 Å². The highest BCUT2D eigenvalue weighted by molar-refractivity contribution is 5.85. The van der Waals surface area contributed by atoms with E-state index in [1.54, 1.807) is 0 Å². The van der Waals surface area contributed by atoms with Gasteiger partial charge in [-0.15, -0.1) is 12.4 Å². The van der Waals surface area contributed by atoms with Crippen LogP contribution in [-0.4, -0.2) is 30.7 Å². The molecule has 118 valence electrons. The Morgan fingerprint density at radius 3 is 2.71 bits per heavy atom. The highest BCUT2D eigenvalue weighted by atomic mass is 35.5. The van der Waals surface area contributed by atoms with Crippen molar-refractivity contribution in [1.29, 1.82) is 0 Å². The van der Waals surface area contributed by atoms with Gasteiger partial charge in [0.15, 0.2) is 0 Å². The van der Waals surface area contributed by atoms with Gasteiger partial charge in [0.1, 0.15) is 6.10 Å². The average Bonchev–Trinajstić information content (AvgIpc) is 2.95. The first kappa shape index (κ1) is 18.0. The van der Waals surface area contributed by atoms with Crippen LogP contribution in [-0.2, 0) is 16.0 Å². The molecule has 0 bridgehead atoms. The minimum atomic E-state index is -0.317. The molecule has 21 heavy (non-hydrogen) atoms. The lowest BCUT2D eigenvalue weighted by Crippen LogP contribution is -2.40. The number of nitrogens with two attached hydrogens (primary N) is 1. The maximum absolute atomic E-state index is 12.1. The normalized spacial score (nSPS) is 22.4. The Balaban J connectivity index is 0.00000220. The fourth-order valence-corrected chi connectivity index (χ4v) is 2.51. The van der Waals surface area contributed by atoms with E-state index < -0.39 is 0 Å². The lowest BCUT2D eigenvalue weighted by Gasteiger charge is -2.17. The third-order valence-electron chi connectivity index (χ3n) is 3.76. The van der Waals surface area contributed by atoms with Gasteiger partial charge in [0.25, 0.3) is 0 Å². The van der Waals surface area contributed by atoms with Gasteiger partial charge in [0.2, 0.25) is 5.91 Å². The topological polar surface area (TPSA) is 64.4 Å². The summed E-state index contributed by atoms with van der Waals surface area (Å²) in [6.45, 7) is 2.53. The van der Waals surface area contributed by atoms with E-state index in [-0.39, 0.29) is 36.6 Å². The minimum absolute atomic E-state index is 0. The molecule has 1 aromatic carbocycles. The Kier molecular flexibility index (Phi) is 7.72. The number of rotatable bonds is 6. The first-order chi connectivity index (χ1) is 9.69. The van der Waals surface area contributed by atoms with Crippen LogP contribution in [0.4, 0.5) is 0 Å². The van der Waals surface area contributed by atoms with Gasteiger partial charge in [-0.2, -0.15) is 0 Å². The number of carbonyl (C=O) groups excluding carboxylic acids is 1. The molecule has 1 aliphatic rings. The largest absolute Gasteiger partial charge is 0.364 e. The van der Waals surface area contributed by atoms with Crippen molar-refractivity contribution in [2.24, 2.45) is 5.73 Å². The molecule has 1 aliphatic heterocycles. The van der Waals surface area contributed by atoms with Crippen LogP contribution in [0, 0.1) is 0 Å². The molecule has 0 spiro atoms. The van der Waals surface area contributed by atoms with Crippen molar-refractivity contribution in [3.63, 3.8) is 0 Å². The second kappa shape index (κ2) is 9.03. The zero-order valence-corrected chi connectivity index (χ0v) is 13.3. The molecule has 1 heterocycles. The lowest BCUT2D eigenvalue weighted by molar-refractivity contribution is -0.132. The molecular weight excluding hydrogens is 288 g/mol. The summed E-state index contributed by atoms with van der Waals surface area (Å²) >= 11 is 0. The zero-order chi connectivity index (χ0) is 14.4. The van der Waals surface area contributed by atoms with Gasteiger partial charge in [-0.25, -0.2) is 0 Å². The van der Waals surface area contributed by atoms with Crippen molar-refractivity contribution in [2.75, 3.05) is 6.54 Å². The van der Waals surface area contributed by atoms with Crippen molar-refractivity contribution in [3.05, 3.63) is 35.9 Å². The van der Waals surface area contributed by atoms with Gasteiger partial charge in [0, 0.05) is 12.6 Å². The highest BCUT2D eigenvalue weighted by Gasteiger charge is 2.30. The maximum Gasteiger partial charge on any atom is 0.249 e. The summed E-state index contributed by atoms with van der Waals surface area (Å²) in [6.07, 6.45) is 3.29. The van der Waals surface area contributed by atoms with Gasteiger partial charge in [0.05, 0.1) is 6.10 Å². The third kappa shape index (κ3) is 5.65. The van der Waals surface area contributed by atoms with Crippen LogP contribution in [0.1, 0.15) is 31.7 Å². The molecule has 1 fully saturated rings. The van der Waals surface area contributed by atoms with Crippen molar-refractivity contribution < 1.29 is 9.53 Å². The molecular formula is C16H25ClN2O2. The van der Waals surface area contributed by atoms with Crippen molar-refractivity contribution in [2.45, 2.75) is 50.9 Å². The molecule has 2 rings (SSSR count). The number of hydrogen-bond acceptors (Lipinski definition) is 3. The van der Waals surface area contributed by atoms with Crippen molar-refractivity contribution >= 4 is 18.3 Å². The smallest absolute Gasteiger partial charge is 0.249 e. The summed E-state index contributed by atoms with van der Waals surface area (Å²) in [6, 6.07) is 10.5. The van der Waals surface area contributed by atoms with E-state index in [4.69, 9.17) is 10.5 Å². The van der Waals surface area contributed by atoms with Crippen LogP contribution in [0.2, 0.25) is 0 Å². The lowest BCUT2D eigenvalue weighted by atomic mass is 10.1. The second-order valence-corrected chi connectivity index (χ2v) is 5.49. The van der Waals surface area contributed by atoms with E-state index in [1.165, 1.54) is 5.56 Å². The van der Waals surface area contributed by atoms with Gasteiger partial charge < -0.3 is 15.8 Å². The monoisotopic (exact) mass is 312 g/mol. The van der Waals surface area contributed by atoms with Gasteiger partial charge >= 0.3 is 0 Å². The summed E-state index contributed by atoms with van der Waals surface area (Å²) in [5.74, 6) is 0.00140. The van der Waals surface area contributed by atoms with Gasteiger partial charge in [-0.3, -0.25) is 4.79 Å². The van der Waals surface area contributed by atoms with E-state index in [0.717, 1.165) is 25.7 Å². The fourth-order valence-electron chi connectivity index (χ4n) is 2.51. The van der Waals surface area contributed by atoms with Crippen LogP contribution in [0.5, 0.6) is 0 Å². The predicted molar refractivity (Wildman–Crippen MR) is 86.6 cm³/mol. The zero-order valence-electron chi connectivity index (χ0n) is 12.5. The summed E-state index contributed by atoms with van der Waals surface area (Å²) in [7, 11) is 0. The Hall–Kier alpha value is -1.10. The second-order valence-electron chi connectivity index (χ2n) is 5.49. The molecule has 0 radical (unpaired) electrons. The minimum Gasteiger partial charge on any atom is -0.364 e. The molecule has 5 heteroatoms. The summed E-state index contributed by atoms with van der Waals surface area (Å²) in [4.78, 5) is 12.1. The van der Waals surface area contributed by atoms with E-state index in [2.05, 4.69) is 17.4 Å². The molecule has 0 aromatic heterocycles. The summed E-state index contributed by atoms with van der Waals surface area (Å²) < 4.78 is 5.60. The van der Waals surface area contributed by atoms with Crippen LogP contribution in [0.3, 0.4) is 0 Å². The standard InChI is InChI=1S/C16H24N2O2.ClH/c1-12(7-8-13-5-3-2-4-6-13)18-16(19)15-10-9-14(11-17)20-15;/h2-6,12,14-15H,7-11,17H2,1H3,(H,18,19);1H/t12?,14-,15+;/m1./s1.